The molecule has 2 unspecified atom stereocenters. The van der Waals surface area contributed by atoms with Crippen LogP contribution in [-0.4, -0.2) is 42.2 Å². The molecule has 0 aliphatic rings. The largest absolute Gasteiger partial charge is 0.393 e. The highest BCUT2D eigenvalue weighted by Gasteiger charge is 2.11. The minimum absolute atomic E-state index is 0.0273. The van der Waals surface area contributed by atoms with Crippen LogP contribution < -0.4 is 5.32 Å². The van der Waals surface area contributed by atoms with E-state index in [1.54, 1.807) is 6.92 Å². The molecule has 1 aromatic rings. The van der Waals surface area contributed by atoms with Crippen molar-refractivity contribution in [1.82, 2.24) is 10.2 Å². The predicted molar refractivity (Wildman–Crippen MR) is 81.8 cm³/mol. The van der Waals surface area contributed by atoms with Gasteiger partial charge >= 0.3 is 0 Å². The SMILES string of the molecule is CC(O)CCN(C)CC(=O)NC(C)c1ccc(Cl)cc1. The average molecular weight is 299 g/mol. The molecule has 0 fully saturated rings. The highest BCUT2D eigenvalue weighted by atomic mass is 35.5. The molecule has 0 spiro atoms. The first-order chi connectivity index (χ1) is 9.38. The number of likely N-dealkylation sites (N-methyl/N-ethyl adjacent to an activating group) is 1. The van der Waals surface area contributed by atoms with Crippen LogP contribution in [0.4, 0.5) is 0 Å². The molecule has 2 N–H and O–H groups in total. The molecule has 4 nitrogen and oxygen atoms in total. The summed E-state index contributed by atoms with van der Waals surface area (Å²) in [7, 11) is 1.87. The maximum absolute atomic E-state index is 11.9. The second kappa shape index (κ2) is 8.25. The molecular formula is C15H23ClN2O2. The minimum Gasteiger partial charge on any atom is -0.393 e. The van der Waals surface area contributed by atoms with Crippen LogP contribution in [-0.2, 0) is 4.79 Å². The molecule has 0 heterocycles. The lowest BCUT2D eigenvalue weighted by atomic mass is 10.1. The van der Waals surface area contributed by atoms with Crippen molar-refractivity contribution in [2.75, 3.05) is 20.1 Å². The average Bonchev–Trinajstić information content (AvgIpc) is 2.36. The number of aliphatic hydroxyl groups excluding tert-OH is 1. The fourth-order valence-electron chi connectivity index (χ4n) is 1.85. The topological polar surface area (TPSA) is 52.6 Å². The van der Waals surface area contributed by atoms with Crippen molar-refractivity contribution in [2.45, 2.75) is 32.4 Å². The molecule has 5 heteroatoms. The normalized spacial score (nSPS) is 14.1. The first kappa shape index (κ1) is 17.0. The van der Waals surface area contributed by atoms with Gasteiger partial charge in [-0.3, -0.25) is 9.69 Å². The van der Waals surface area contributed by atoms with Gasteiger partial charge < -0.3 is 10.4 Å². The van der Waals surface area contributed by atoms with E-state index in [0.29, 0.717) is 24.5 Å². The molecule has 1 rings (SSSR count). The van der Waals surface area contributed by atoms with E-state index in [9.17, 15) is 9.90 Å². The van der Waals surface area contributed by atoms with E-state index < -0.39 is 0 Å². The summed E-state index contributed by atoms with van der Waals surface area (Å²) >= 11 is 5.84. The van der Waals surface area contributed by atoms with Gasteiger partial charge in [0.1, 0.15) is 0 Å². The number of amides is 1. The zero-order valence-corrected chi connectivity index (χ0v) is 13.0. The number of carbonyl (C=O) groups is 1. The minimum atomic E-state index is -0.339. The molecule has 2 atom stereocenters. The third-order valence-electron chi connectivity index (χ3n) is 3.09. The lowest BCUT2D eigenvalue weighted by molar-refractivity contribution is -0.122. The summed E-state index contributed by atoms with van der Waals surface area (Å²) in [4.78, 5) is 13.8. The first-order valence-electron chi connectivity index (χ1n) is 6.80. The zero-order valence-electron chi connectivity index (χ0n) is 12.3. The Labute approximate surface area is 125 Å². The third kappa shape index (κ3) is 6.37. The zero-order chi connectivity index (χ0) is 15.1. The number of aliphatic hydroxyl groups is 1. The molecule has 20 heavy (non-hydrogen) atoms. The van der Waals surface area contributed by atoms with Crippen LogP contribution in [0.15, 0.2) is 24.3 Å². The quantitative estimate of drug-likeness (QED) is 0.811. The van der Waals surface area contributed by atoms with Crippen molar-refractivity contribution in [2.24, 2.45) is 0 Å². The van der Waals surface area contributed by atoms with E-state index in [0.717, 1.165) is 5.56 Å². The Bertz CT molecular complexity index is 420. The maximum Gasteiger partial charge on any atom is 0.234 e. The van der Waals surface area contributed by atoms with Crippen LogP contribution >= 0.6 is 11.6 Å². The van der Waals surface area contributed by atoms with Crippen molar-refractivity contribution in [3.63, 3.8) is 0 Å². The predicted octanol–water partition coefficient (Wildman–Crippen LogP) is 2.22. The standard InChI is InChI=1S/C15H23ClN2O2/c1-11(19)8-9-18(3)10-15(20)17-12(2)13-4-6-14(16)7-5-13/h4-7,11-12,19H,8-10H2,1-3H3,(H,17,20). The molecule has 0 saturated carbocycles. The highest BCUT2D eigenvalue weighted by molar-refractivity contribution is 6.30. The molecule has 0 saturated heterocycles. The first-order valence-corrected chi connectivity index (χ1v) is 7.17. The summed E-state index contributed by atoms with van der Waals surface area (Å²) in [5, 5.41) is 12.8. The van der Waals surface area contributed by atoms with Gasteiger partial charge in [-0.15, -0.1) is 0 Å². The van der Waals surface area contributed by atoms with Crippen molar-refractivity contribution in [3.8, 4) is 0 Å². The number of benzene rings is 1. The number of nitrogens with zero attached hydrogens (tertiary/aromatic N) is 1. The van der Waals surface area contributed by atoms with Gasteiger partial charge in [-0.2, -0.15) is 0 Å². The van der Waals surface area contributed by atoms with Crippen molar-refractivity contribution < 1.29 is 9.90 Å². The summed E-state index contributed by atoms with van der Waals surface area (Å²) in [5.74, 6) is -0.0273. The smallest absolute Gasteiger partial charge is 0.234 e. The second-order valence-corrected chi connectivity index (χ2v) is 5.65. The van der Waals surface area contributed by atoms with E-state index in [1.165, 1.54) is 0 Å². The lowest BCUT2D eigenvalue weighted by Crippen LogP contribution is -2.37. The Morgan fingerprint density at radius 2 is 1.95 bits per heavy atom. The maximum atomic E-state index is 11.9. The number of rotatable bonds is 7. The molecule has 0 aliphatic heterocycles. The number of nitrogens with one attached hydrogen (secondary N) is 1. The van der Waals surface area contributed by atoms with Crippen LogP contribution in [0.2, 0.25) is 5.02 Å². The van der Waals surface area contributed by atoms with E-state index in [4.69, 9.17) is 11.6 Å². The Kier molecular flexibility index (Phi) is 6.99. The molecule has 0 bridgehead atoms. The van der Waals surface area contributed by atoms with Crippen LogP contribution in [0.1, 0.15) is 31.9 Å². The fourth-order valence-corrected chi connectivity index (χ4v) is 1.98. The molecule has 0 aromatic heterocycles. The molecule has 0 radical (unpaired) electrons. The van der Waals surface area contributed by atoms with Gasteiger partial charge in [0.15, 0.2) is 0 Å². The number of hydrogen-bond acceptors (Lipinski definition) is 3. The lowest BCUT2D eigenvalue weighted by Gasteiger charge is -2.19. The van der Waals surface area contributed by atoms with Crippen molar-refractivity contribution in [1.29, 1.82) is 0 Å². The molecule has 0 aliphatic carbocycles. The van der Waals surface area contributed by atoms with Gasteiger partial charge in [-0.1, -0.05) is 23.7 Å². The molecular weight excluding hydrogens is 276 g/mol. The van der Waals surface area contributed by atoms with Crippen molar-refractivity contribution in [3.05, 3.63) is 34.9 Å². The highest BCUT2D eigenvalue weighted by Crippen LogP contribution is 2.15. The third-order valence-corrected chi connectivity index (χ3v) is 3.34. The molecule has 1 amide bonds. The summed E-state index contributed by atoms with van der Waals surface area (Å²) in [5.41, 5.74) is 1.02. The van der Waals surface area contributed by atoms with Crippen LogP contribution in [0.3, 0.4) is 0 Å². The summed E-state index contributed by atoms with van der Waals surface area (Å²) in [6.07, 6.45) is 0.324. The fraction of sp³-hybridized carbons (Fsp3) is 0.533. The van der Waals surface area contributed by atoms with Gasteiger partial charge in [0.2, 0.25) is 5.91 Å². The van der Waals surface area contributed by atoms with Gasteiger partial charge in [0.25, 0.3) is 0 Å². The van der Waals surface area contributed by atoms with E-state index in [2.05, 4.69) is 5.32 Å². The summed E-state index contributed by atoms with van der Waals surface area (Å²) in [6.45, 7) is 4.71. The summed E-state index contributed by atoms with van der Waals surface area (Å²) in [6, 6.07) is 7.39. The van der Waals surface area contributed by atoms with Crippen molar-refractivity contribution >= 4 is 17.5 Å². The van der Waals surface area contributed by atoms with Crippen LogP contribution in [0.25, 0.3) is 0 Å². The van der Waals surface area contributed by atoms with E-state index >= 15 is 0 Å². The number of hydrogen-bond donors (Lipinski definition) is 2. The van der Waals surface area contributed by atoms with Gasteiger partial charge in [-0.25, -0.2) is 0 Å². The molecule has 112 valence electrons. The van der Waals surface area contributed by atoms with Crippen LogP contribution in [0.5, 0.6) is 0 Å². The monoisotopic (exact) mass is 298 g/mol. The Morgan fingerprint density at radius 3 is 2.50 bits per heavy atom. The van der Waals surface area contributed by atoms with Gasteiger partial charge in [-0.05, 0) is 45.0 Å². The Hall–Kier alpha value is -1.10. The van der Waals surface area contributed by atoms with E-state index in [-0.39, 0.29) is 18.1 Å². The summed E-state index contributed by atoms with van der Waals surface area (Å²) < 4.78 is 0. The van der Waals surface area contributed by atoms with Gasteiger partial charge in [0, 0.05) is 11.6 Å². The molecule has 1 aromatic carbocycles. The van der Waals surface area contributed by atoms with Gasteiger partial charge in [0.05, 0.1) is 18.7 Å². The van der Waals surface area contributed by atoms with E-state index in [1.807, 2.05) is 43.1 Å². The second-order valence-electron chi connectivity index (χ2n) is 5.22. The Morgan fingerprint density at radius 1 is 1.35 bits per heavy atom. The Balaban J connectivity index is 2.39. The number of carbonyl (C=O) groups excluding carboxylic acids is 1. The van der Waals surface area contributed by atoms with Crippen LogP contribution in [0, 0.1) is 0 Å². The number of halogens is 1.